The standard InChI is InChI=1S/C31H44F3N5O5/c1-8-9-26(40)25(17-35-16-20-10-12-22(39(6)7)14-19(20)2)37-27(41)18-36-28(42)23-15-21(31(32,33)34)11-13-24(23)38-29(43)44-30(3,4)5/h10-15,25-26,35,40H,8-9,16-18H2,1-7H3,(H,36,42)(H,37,41)(H,38,43)/t25-,26-/m0/s1. The Morgan fingerprint density at radius 1 is 1.05 bits per heavy atom. The van der Waals surface area contributed by atoms with E-state index in [0.29, 0.717) is 25.5 Å². The van der Waals surface area contributed by atoms with E-state index in [4.69, 9.17) is 4.74 Å². The van der Waals surface area contributed by atoms with Gasteiger partial charge in [-0.05, 0) is 75.6 Å². The molecule has 0 spiro atoms. The highest BCUT2D eigenvalue weighted by Gasteiger charge is 2.32. The van der Waals surface area contributed by atoms with Crippen LogP contribution in [-0.2, 0) is 22.3 Å². The van der Waals surface area contributed by atoms with Gasteiger partial charge in [-0.1, -0.05) is 19.4 Å². The second kappa shape index (κ2) is 15.8. The molecule has 2 rings (SSSR count). The molecule has 0 aliphatic rings. The monoisotopic (exact) mass is 623 g/mol. The molecule has 0 unspecified atom stereocenters. The van der Waals surface area contributed by atoms with Gasteiger partial charge in [0, 0.05) is 32.9 Å². The van der Waals surface area contributed by atoms with Gasteiger partial charge in [-0.2, -0.15) is 13.2 Å². The number of carbonyl (C=O) groups is 3. The maximum absolute atomic E-state index is 13.4. The molecule has 0 aliphatic heterocycles. The first kappa shape index (κ1) is 36.4. The Balaban J connectivity index is 2.10. The molecule has 5 N–H and O–H groups in total. The van der Waals surface area contributed by atoms with Crippen LogP contribution in [0.2, 0.25) is 0 Å². The molecule has 0 radical (unpaired) electrons. The highest BCUT2D eigenvalue weighted by atomic mass is 19.4. The normalized spacial score (nSPS) is 13.1. The van der Waals surface area contributed by atoms with Crippen LogP contribution in [0.4, 0.5) is 29.3 Å². The van der Waals surface area contributed by atoms with E-state index < -0.39 is 59.5 Å². The van der Waals surface area contributed by atoms with E-state index in [1.165, 1.54) is 0 Å². The molecule has 244 valence electrons. The predicted molar refractivity (Wildman–Crippen MR) is 164 cm³/mol. The average Bonchev–Trinajstić information content (AvgIpc) is 2.90. The predicted octanol–water partition coefficient (Wildman–Crippen LogP) is 4.59. The number of ether oxygens (including phenoxy) is 1. The number of nitrogens with one attached hydrogen (secondary N) is 4. The number of anilines is 2. The topological polar surface area (TPSA) is 132 Å². The first-order valence-corrected chi connectivity index (χ1v) is 14.4. The number of benzene rings is 2. The van der Waals surface area contributed by atoms with Gasteiger partial charge >= 0.3 is 12.3 Å². The first-order chi connectivity index (χ1) is 20.4. The Labute approximate surface area is 256 Å². The number of aliphatic hydroxyl groups is 1. The third kappa shape index (κ3) is 11.7. The van der Waals surface area contributed by atoms with Crippen molar-refractivity contribution < 1.29 is 37.4 Å². The van der Waals surface area contributed by atoms with E-state index in [2.05, 4.69) is 27.3 Å². The van der Waals surface area contributed by atoms with Crippen LogP contribution in [0, 0.1) is 6.92 Å². The van der Waals surface area contributed by atoms with E-state index >= 15 is 0 Å². The largest absolute Gasteiger partial charge is 0.444 e. The van der Waals surface area contributed by atoms with E-state index in [0.717, 1.165) is 28.9 Å². The zero-order valence-corrected chi connectivity index (χ0v) is 26.3. The summed E-state index contributed by atoms with van der Waals surface area (Å²) in [5, 5.41) is 21.2. The van der Waals surface area contributed by atoms with Crippen molar-refractivity contribution in [1.82, 2.24) is 16.0 Å². The molecule has 0 saturated carbocycles. The molecule has 0 fully saturated rings. The quantitative estimate of drug-likeness (QED) is 0.221. The Kier molecular flexibility index (Phi) is 13.0. The summed E-state index contributed by atoms with van der Waals surface area (Å²) >= 11 is 0. The van der Waals surface area contributed by atoms with Crippen LogP contribution in [0.5, 0.6) is 0 Å². The molecular formula is C31H44F3N5O5. The van der Waals surface area contributed by atoms with Crippen LogP contribution in [0.1, 0.15) is 67.6 Å². The summed E-state index contributed by atoms with van der Waals surface area (Å²) in [5.41, 5.74) is 0.473. The van der Waals surface area contributed by atoms with Gasteiger partial charge in [-0.25, -0.2) is 4.79 Å². The molecule has 44 heavy (non-hydrogen) atoms. The minimum Gasteiger partial charge on any atom is -0.444 e. The average molecular weight is 624 g/mol. The third-order valence-electron chi connectivity index (χ3n) is 6.55. The van der Waals surface area contributed by atoms with Crippen molar-refractivity contribution in [2.75, 3.05) is 37.4 Å². The lowest BCUT2D eigenvalue weighted by molar-refractivity contribution is -0.137. The molecule has 13 heteroatoms. The van der Waals surface area contributed by atoms with Crippen molar-refractivity contribution in [2.24, 2.45) is 0 Å². The van der Waals surface area contributed by atoms with Crippen LogP contribution in [0.3, 0.4) is 0 Å². The van der Waals surface area contributed by atoms with Crippen molar-refractivity contribution in [1.29, 1.82) is 0 Å². The maximum atomic E-state index is 13.4. The molecule has 0 saturated heterocycles. The SMILES string of the molecule is CCC[C@H](O)[C@H](CNCc1ccc(N(C)C)cc1C)NC(=O)CNC(=O)c1cc(C(F)(F)F)ccc1NC(=O)OC(C)(C)C. The molecule has 2 aromatic carbocycles. The van der Waals surface area contributed by atoms with Gasteiger partial charge in [0.25, 0.3) is 5.91 Å². The van der Waals surface area contributed by atoms with E-state index in [1.807, 2.05) is 45.0 Å². The summed E-state index contributed by atoms with van der Waals surface area (Å²) in [5.74, 6) is -1.67. The number of hydrogen-bond donors (Lipinski definition) is 5. The van der Waals surface area contributed by atoms with Gasteiger partial charge in [0.15, 0.2) is 0 Å². The minimum absolute atomic E-state index is 0.223. The number of carbonyl (C=O) groups excluding carboxylic acids is 3. The molecule has 2 atom stereocenters. The fraction of sp³-hybridized carbons (Fsp3) is 0.516. The number of aryl methyl sites for hydroxylation is 1. The van der Waals surface area contributed by atoms with E-state index in [9.17, 15) is 32.7 Å². The summed E-state index contributed by atoms with van der Waals surface area (Å²) in [6.45, 7) is 8.85. The molecule has 3 amide bonds. The number of rotatable bonds is 13. The van der Waals surface area contributed by atoms with E-state index in [-0.39, 0.29) is 12.2 Å². The number of hydrogen-bond acceptors (Lipinski definition) is 7. The number of alkyl halides is 3. The van der Waals surface area contributed by atoms with Crippen molar-refractivity contribution in [3.8, 4) is 0 Å². The first-order valence-electron chi connectivity index (χ1n) is 14.4. The van der Waals surface area contributed by atoms with Crippen LogP contribution in [-0.4, -0.2) is 67.9 Å². The summed E-state index contributed by atoms with van der Waals surface area (Å²) in [6.07, 6.45) is -5.51. The molecule has 2 aromatic rings. The maximum Gasteiger partial charge on any atom is 0.416 e. The van der Waals surface area contributed by atoms with Gasteiger partial charge in [-0.15, -0.1) is 0 Å². The van der Waals surface area contributed by atoms with Gasteiger partial charge in [-0.3, -0.25) is 14.9 Å². The lowest BCUT2D eigenvalue weighted by atomic mass is 10.0. The highest BCUT2D eigenvalue weighted by molar-refractivity contribution is 6.04. The Bertz CT molecular complexity index is 1290. The summed E-state index contributed by atoms with van der Waals surface area (Å²) in [6, 6.07) is 7.62. The van der Waals surface area contributed by atoms with Crippen molar-refractivity contribution in [3.63, 3.8) is 0 Å². The fourth-order valence-corrected chi connectivity index (χ4v) is 4.24. The second-order valence-corrected chi connectivity index (χ2v) is 11.7. The van der Waals surface area contributed by atoms with Crippen molar-refractivity contribution in [2.45, 2.75) is 77.9 Å². The summed E-state index contributed by atoms with van der Waals surface area (Å²) in [7, 11) is 3.91. The van der Waals surface area contributed by atoms with Crippen LogP contribution in [0.15, 0.2) is 36.4 Å². The molecule has 0 aliphatic carbocycles. The lowest BCUT2D eigenvalue weighted by Gasteiger charge is -2.25. The highest BCUT2D eigenvalue weighted by Crippen LogP contribution is 2.32. The molecule has 0 aromatic heterocycles. The van der Waals surface area contributed by atoms with Crippen molar-refractivity contribution >= 4 is 29.3 Å². The number of nitrogens with zero attached hydrogens (tertiary/aromatic N) is 1. The molecular weight excluding hydrogens is 579 g/mol. The molecule has 10 nitrogen and oxygen atoms in total. The lowest BCUT2D eigenvalue weighted by Crippen LogP contribution is -2.51. The third-order valence-corrected chi connectivity index (χ3v) is 6.55. The second-order valence-electron chi connectivity index (χ2n) is 11.7. The molecule has 0 bridgehead atoms. The van der Waals surface area contributed by atoms with Gasteiger partial charge < -0.3 is 30.7 Å². The van der Waals surface area contributed by atoms with E-state index in [1.54, 1.807) is 20.8 Å². The smallest absolute Gasteiger partial charge is 0.416 e. The summed E-state index contributed by atoms with van der Waals surface area (Å²) in [4.78, 5) is 40.0. The number of halogens is 3. The van der Waals surface area contributed by atoms with Crippen LogP contribution < -0.4 is 26.2 Å². The van der Waals surface area contributed by atoms with Crippen LogP contribution >= 0.6 is 0 Å². The minimum atomic E-state index is -4.75. The summed E-state index contributed by atoms with van der Waals surface area (Å²) < 4.78 is 45.3. The van der Waals surface area contributed by atoms with Gasteiger partial charge in [0.2, 0.25) is 5.91 Å². The van der Waals surface area contributed by atoms with Gasteiger partial charge in [0.1, 0.15) is 5.60 Å². The zero-order chi connectivity index (χ0) is 33.2. The fourth-order valence-electron chi connectivity index (χ4n) is 4.24. The Hall–Kier alpha value is -3.84. The Morgan fingerprint density at radius 3 is 2.30 bits per heavy atom. The number of aliphatic hydroxyl groups excluding tert-OH is 1. The van der Waals surface area contributed by atoms with Crippen LogP contribution in [0.25, 0.3) is 0 Å². The molecule has 0 heterocycles. The Morgan fingerprint density at radius 2 is 1.73 bits per heavy atom. The van der Waals surface area contributed by atoms with Gasteiger partial charge in [0.05, 0.1) is 35.5 Å². The zero-order valence-electron chi connectivity index (χ0n) is 26.3. The van der Waals surface area contributed by atoms with Crippen molar-refractivity contribution in [3.05, 3.63) is 58.7 Å². The number of amides is 3.